The van der Waals surface area contributed by atoms with Crippen LogP contribution in [0.25, 0.3) is 0 Å². The van der Waals surface area contributed by atoms with Crippen molar-refractivity contribution >= 4 is 24.2 Å². The number of esters is 1. The third-order valence-electron chi connectivity index (χ3n) is 6.13. The van der Waals surface area contributed by atoms with E-state index in [9.17, 15) is 24.3 Å². The van der Waals surface area contributed by atoms with Crippen molar-refractivity contribution in [3.63, 3.8) is 0 Å². The number of carbonyl (C=O) groups excluding carboxylic acids is 3. The van der Waals surface area contributed by atoms with Gasteiger partial charge in [-0.3, -0.25) is 9.59 Å². The first kappa shape index (κ1) is 34.7. The van der Waals surface area contributed by atoms with E-state index in [1.54, 1.807) is 26.8 Å². The summed E-state index contributed by atoms with van der Waals surface area (Å²) in [6.07, 6.45) is -3.11. The van der Waals surface area contributed by atoms with Gasteiger partial charge in [0, 0.05) is 13.0 Å². The average Bonchev–Trinajstić information content (AvgIpc) is 2.82. The highest BCUT2D eigenvalue weighted by molar-refractivity contribution is 5.74. The summed E-state index contributed by atoms with van der Waals surface area (Å²) in [4.78, 5) is 48.6. The molecule has 0 spiro atoms. The van der Waals surface area contributed by atoms with Crippen molar-refractivity contribution in [1.82, 2.24) is 5.32 Å². The Morgan fingerprint density at radius 3 is 1.77 bits per heavy atom. The third-order valence-corrected chi connectivity index (χ3v) is 6.13. The lowest BCUT2D eigenvalue weighted by molar-refractivity contribution is -0.149. The molecule has 11 heteroatoms. The zero-order valence-electron chi connectivity index (χ0n) is 25.0. The van der Waals surface area contributed by atoms with Crippen LogP contribution in [0.1, 0.15) is 74.3 Å². The molecule has 3 unspecified atom stereocenters. The molecule has 1 aromatic carbocycles. The first-order valence-corrected chi connectivity index (χ1v) is 13.6. The minimum atomic E-state index is -1.13. The van der Waals surface area contributed by atoms with Crippen molar-refractivity contribution in [3.8, 4) is 11.5 Å². The van der Waals surface area contributed by atoms with Crippen LogP contribution >= 0.6 is 0 Å². The second-order valence-corrected chi connectivity index (χ2v) is 11.0. The molecule has 1 aromatic rings. The van der Waals surface area contributed by atoms with Gasteiger partial charge in [-0.1, -0.05) is 47.6 Å². The topological polar surface area (TPSA) is 147 Å². The maximum Gasteiger partial charge on any atom is 0.514 e. The zero-order valence-corrected chi connectivity index (χ0v) is 25.0. The Bertz CT molecular complexity index is 991. The molecular formula is C29H45NO10. The van der Waals surface area contributed by atoms with Crippen LogP contribution in [0.15, 0.2) is 18.2 Å². The normalized spacial score (nSPS) is 14.3. The number of carboxylic acid groups (broad SMARTS) is 1. The van der Waals surface area contributed by atoms with Crippen LogP contribution < -0.4 is 14.8 Å². The van der Waals surface area contributed by atoms with Crippen molar-refractivity contribution in [2.45, 2.75) is 99.5 Å². The molecule has 11 nitrogen and oxygen atoms in total. The summed E-state index contributed by atoms with van der Waals surface area (Å²) in [6.45, 7) is 16.6. The highest BCUT2D eigenvalue weighted by atomic mass is 16.7. The first-order chi connectivity index (χ1) is 18.6. The number of rotatable bonds is 15. The molecule has 0 saturated heterocycles. The van der Waals surface area contributed by atoms with Crippen molar-refractivity contribution in [2.24, 2.45) is 17.8 Å². The fourth-order valence-electron chi connectivity index (χ4n) is 3.09. The largest absolute Gasteiger partial charge is 0.514 e. The van der Waals surface area contributed by atoms with E-state index < -0.39 is 42.6 Å². The Labute approximate surface area is 236 Å². The Kier molecular flexibility index (Phi) is 14.5. The molecule has 0 aliphatic carbocycles. The van der Waals surface area contributed by atoms with Crippen molar-refractivity contribution in [2.75, 3.05) is 6.54 Å². The number of carbonyl (C=O) groups is 4. The zero-order chi connectivity index (χ0) is 30.6. The monoisotopic (exact) mass is 567 g/mol. The van der Waals surface area contributed by atoms with Crippen molar-refractivity contribution in [3.05, 3.63) is 23.8 Å². The summed E-state index contributed by atoms with van der Waals surface area (Å²) in [5, 5.41) is 12.6. The summed E-state index contributed by atoms with van der Waals surface area (Å²) in [7, 11) is 0. The second kappa shape index (κ2) is 16.7. The van der Waals surface area contributed by atoms with Crippen LogP contribution in [0.3, 0.4) is 0 Å². The molecule has 0 aromatic heterocycles. The van der Waals surface area contributed by atoms with E-state index in [2.05, 4.69) is 5.32 Å². The van der Waals surface area contributed by atoms with Crippen LogP contribution in [0.2, 0.25) is 0 Å². The van der Waals surface area contributed by atoms with Crippen molar-refractivity contribution in [1.29, 1.82) is 0 Å². The Hall–Kier alpha value is -3.34. The molecular weight excluding hydrogens is 522 g/mol. The molecule has 4 atom stereocenters. The number of aliphatic carboxylic acids is 1. The van der Waals surface area contributed by atoms with E-state index >= 15 is 0 Å². The van der Waals surface area contributed by atoms with Gasteiger partial charge in [-0.2, -0.15) is 0 Å². The van der Waals surface area contributed by atoms with E-state index in [1.165, 1.54) is 12.1 Å². The van der Waals surface area contributed by atoms with Gasteiger partial charge in [0.15, 0.2) is 11.5 Å². The minimum absolute atomic E-state index is 0.00902. The minimum Gasteiger partial charge on any atom is -0.480 e. The Morgan fingerprint density at radius 1 is 0.775 bits per heavy atom. The van der Waals surface area contributed by atoms with E-state index in [0.29, 0.717) is 5.56 Å². The highest BCUT2D eigenvalue weighted by Crippen LogP contribution is 2.30. The smallest absolute Gasteiger partial charge is 0.480 e. The second-order valence-electron chi connectivity index (χ2n) is 11.0. The molecule has 0 fully saturated rings. The molecule has 0 saturated carbocycles. The maximum absolute atomic E-state index is 12.4. The summed E-state index contributed by atoms with van der Waals surface area (Å²) in [5.74, 6) is -1.46. The van der Waals surface area contributed by atoms with Gasteiger partial charge in [-0.25, -0.2) is 9.59 Å². The lowest BCUT2D eigenvalue weighted by atomic mass is 10.0. The fraction of sp³-hybridized carbons (Fsp3) is 0.655. The molecule has 1 rings (SSSR count). The van der Waals surface area contributed by atoms with Gasteiger partial charge in [-0.05, 0) is 62.6 Å². The van der Waals surface area contributed by atoms with Gasteiger partial charge in [0.2, 0.25) is 0 Å². The van der Waals surface area contributed by atoms with Crippen LogP contribution in [-0.2, 0) is 30.2 Å². The van der Waals surface area contributed by atoms with Gasteiger partial charge >= 0.3 is 24.2 Å². The number of hydrogen-bond donors (Lipinski definition) is 2. The van der Waals surface area contributed by atoms with Crippen LogP contribution in [0.5, 0.6) is 11.5 Å². The van der Waals surface area contributed by atoms with E-state index in [0.717, 1.165) is 0 Å². The van der Waals surface area contributed by atoms with E-state index in [1.807, 2.05) is 41.5 Å². The lowest BCUT2D eigenvalue weighted by Crippen LogP contribution is -2.42. The van der Waals surface area contributed by atoms with E-state index in [-0.39, 0.29) is 54.6 Å². The van der Waals surface area contributed by atoms with E-state index in [4.69, 9.17) is 23.7 Å². The summed E-state index contributed by atoms with van der Waals surface area (Å²) in [6, 6.07) is 3.29. The summed E-state index contributed by atoms with van der Waals surface area (Å²) in [5.41, 5.74) is 0.473. The molecule has 2 N–H and O–H groups in total. The van der Waals surface area contributed by atoms with Crippen LogP contribution in [-0.4, -0.2) is 60.3 Å². The molecule has 0 aliphatic heterocycles. The Balaban J connectivity index is 3.07. The lowest BCUT2D eigenvalue weighted by Gasteiger charge is -2.20. The third kappa shape index (κ3) is 13.1. The number of hydrogen-bond acceptors (Lipinski definition) is 10. The van der Waals surface area contributed by atoms with Gasteiger partial charge in [-0.15, -0.1) is 0 Å². The van der Waals surface area contributed by atoms with Gasteiger partial charge in [0.1, 0.15) is 24.4 Å². The predicted molar refractivity (Wildman–Crippen MR) is 147 cm³/mol. The van der Waals surface area contributed by atoms with Crippen molar-refractivity contribution < 1.29 is 48.0 Å². The number of nitrogens with one attached hydrogen (secondary N) is 1. The SMILES string of the molecule is CC(C)CC(=O)OC(C)CN[C@@H](Cc1ccc(OC(=O)OC(C)C(C)C)c(OC(=O)OC(C)C(C)C)c1)C(=O)O. The maximum atomic E-state index is 12.4. The molecule has 0 radical (unpaired) electrons. The molecule has 40 heavy (non-hydrogen) atoms. The highest BCUT2D eigenvalue weighted by Gasteiger charge is 2.24. The number of carboxylic acids is 1. The molecule has 226 valence electrons. The average molecular weight is 568 g/mol. The molecule has 0 bridgehead atoms. The summed E-state index contributed by atoms with van der Waals surface area (Å²) < 4.78 is 26.5. The quantitative estimate of drug-likeness (QED) is 0.160. The number of ether oxygens (including phenoxy) is 5. The standard InChI is InChI=1S/C29H45NO10/c1-16(2)12-26(31)36-19(7)15-30-23(27(32)33)13-22-10-11-24(39-28(34)37-20(8)17(3)4)25(14-22)40-29(35)38-21(9)18(5)6/h10-11,14,16-21,23,30H,12-13,15H2,1-9H3,(H,32,33)/t19?,20?,21?,23-/m0/s1. The van der Waals surface area contributed by atoms with Crippen LogP contribution in [0, 0.1) is 17.8 Å². The molecule has 0 amide bonds. The van der Waals surface area contributed by atoms with Crippen LogP contribution in [0.4, 0.5) is 9.59 Å². The Morgan fingerprint density at radius 2 is 1.30 bits per heavy atom. The summed E-state index contributed by atoms with van der Waals surface area (Å²) >= 11 is 0. The molecule has 0 heterocycles. The number of benzene rings is 1. The van der Waals surface area contributed by atoms with Gasteiger partial charge < -0.3 is 34.1 Å². The van der Waals surface area contributed by atoms with Gasteiger partial charge in [0.05, 0.1) is 0 Å². The van der Waals surface area contributed by atoms with Gasteiger partial charge in [0.25, 0.3) is 0 Å². The fourth-order valence-corrected chi connectivity index (χ4v) is 3.09. The first-order valence-electron chi connectivity index (χ1n) is 13.6. The predicted octanol–water partition coefficient (Wildman–Crippen LogP) is 5.37. The molecule has 0 aliphatic rings.